The van der Waals surface area contributed by atoms with Crippen LogP contribution in [0.15, 0.2) is 30.3 Å². The fraction of sp³-hybridized carbons (Fsp3) is 0.280. The number of unbranched alkanes of at least 4 members (excludes halogenated alkanes) is 2. The van der Waals surface area contributed by atoms with Crippen LogP contribution in [0.25, 0.3) is 11.1 Å². The van der Waals surface area contributed by atoms with E-state index in [-0.39, 0.29) is 30.2 Å². The summed E-state index contributed by atoms with van der Waals surface area (Å²) in [6, 6.07) is 0.661. The molecule has 1 radical (unpaired) electrons. The molecule has 0 amide bonds. The summed E-state index contributed by atoms with van der Waals surface area (Å²) in [5.74, 6) is -15.8. The van der Waals surface area contributed by atoms with Gasteiger partial charge < -0.3 is 4.74 Å². The summed E-state index contributed by atoms with van der Waals surface area (Å²) in [6.07, 6.45) is -8.53. The van der Waals surface area contributed by atoms with Gasteiger partial charge in [-0.1, -0.05) is 19.8 Å². The highest BCUT2D eigenvalue weighted by Crippen LogP contribution is 2.45. The highest BCUT2D eigenvalue weighted by molar-refractivity contribution is 5.73. The number of benzene rings is 3. The molecule has 0 aliphatic heterocycles. The highest BCUT2D eigenvalue weighted by atomic mass is 19.4. The number of alkyl halides is 5. The zero-order valence-electron chi connectivity index (χ0n) is 19.2. The van der Waals surface area contributed by atoms with Crippen LogP contribution in [0.5, 0.6) is 11.5 Å². The molecule has 0 aliphatic rings. The second-order valence-corrected chi connectivity index (χ2v) is 8.19. The minimum Gasteiger partial charge on any atom is -0.429 e. The standard InChI is InChI=1S/C25H16F11O2/c1-2-3-4-5-11-6-13(26)19(14(27)7-11)20-18(37)10-17(30)22(23(20)31)25(35,36)38-12-8-15(28)21(16(29)9-12)24(32,33)34/h6-10H,2-5H2,1H3. The summed E-state index contributed by atoms with van der Waals surface area (Å²) in [4.78, 5) is 0. The zero-order valence-corrected chi connectivity index (χ0v) is 19.2. The van der Waals surface area contributed by atoms with Crippen LogP contribution in [0.4, 0.5) is 48.3 Å². The average Bonchev–Trinajstić information content (AvgIpc) is 2.73. The van der Waals surface area contributed by atoms with Crippen molar-refractivity contribution in [2.75, 3.05) is 0 Å². The van der Waals surface area contributed by atoms with Gasteiger partial charge in [0.1, 0.15) is 46.0 Å². The van der Waals surface area contributed by atoms with Gasteiger partial charge in [0, 0.05) is 18.2 Å². The van der Waals surface area contributed by atoms with Crippen molar-refractivity contribution in [3.05, 3.63) is 81.9 Å². The predicted octanol–water partition coefficient (Wildman–Crippen LogP) is 9.21. The van der Waals surface area contributed by atoms with E-state index in [0.29, 0.717) is 12.8 Å². The molecule has 0 spiro atoms. The second kappa shape index (κ2) is 10.7. The Morgan fingerprint density at radius 3 is 1.71 bits per heavy atom. The Labute approximate surface area is 208 Å². The van der Waals surface area contributed by atoms with E-state index >= 15 is 4.39 Å². The molecular weight excluding hydrogens is 541 g/mol. The minimum atomic E-state index is -5.55. The van der Waals surface area contributed by atoms with Gasteiger partial charge in [0.2, 0.25) is 0 Å². The molecule has 0 heterocycles. The Bertz CT molecular complexity index is 1300. The smallest absolute Gasteiger partial charge is 0.429 e. The molecule has 205 valence electrons. The summed E-state index contributed by atoms with van der Waals surface area (Å²) >= 11 is 0. The second-order valence-electron chi connectivity index (χ2n) is 8.19. The van der Waals surface area contributed by atoms with Crippen LogP contribution in [0.3, 0.4) is 0 Å². The number of rotatable bonds is 8. The Kier molecular flexibility index (Phi) is 8.18. The summed E-state index contributed by atoms with van der Waals surface area (Å²) in [5, 5.41) is 12.2. The first kappa shape index (κ1) is 29.1. The first-order valence-corrected chi connectivity index (χ1v) is 10.9. The SMILES string of the molecule is CCCCCc1cc(F)c(-c2c([O])cc(F)c(C(F)(F)Oc3cc(F)c(C(F)(F)F)c(F)c3)c2F)c(F)c1. The average molecular weight is 557 g/mol. The first-order valence-electron chi connectivity index (χ1n) is 10.9. The molecule has 0 fully saturated rings. The number of aryl methyl sites for hydroxylation is 1. The van der Waals surface area contributed by atoms with Crippen molar-refractivity contribution in [1.82, 2.24) is 0 Å². The normalized spacial score (nSPS) is 12.2. The lowest BCUT2D eigenvalue weighted by atomic mass is 9.96. The fourth-order valence-corrected chi connectivity index (χ4v) is 3.76. The van der Waals surface area contributed by atoms with Crippen LogP contribution in [0, 0.1) is 34.9 Å². The van der Waals surface area contributed by atoms with Gasteiger partial charge in [-0.15, -0.1) is 0 Å². The van der Waals surface area contributed by atoms with Crippen molar-refractivity contribution >= 4 is 0 Å². The highest BCUT2D eigenvalue weighted by Gasteiger charge is 2.45. The van der Waals surface area contributed by atoms with Crippen LogP contribution in [-0.4, -0.2) is 0 Å². The van der Waals surface area contributed by atoms with Crippen LogP contribution >= 0.6 is 0 Å². The Hall–Kier alpha value is -3.51. The summed E-state index contributed by atoms with van der Waals surface area (Å²) in [7, 11) is 0. The van der Waals surface area contributed by atoms with Crippen LogP contribution in [0.1, 0.15) is 42.9 Å². The van der Waals surface area contributed by atoms with Crippen molar-refractivity contribution in [2.24, 2.45) is 0 Å². The van der Waals surface area contributed by atoms with Gasteiger partial charge in [0.15, 0.2) is 11.6 Å². The van der Waals surface area contributed by atoms with Gasteiger partial charge in [0.25, 0.3) is 0 Å². The first-order chi connectivity index (χ1) is 17.6. The summed E-state index contributed by atoms with van der Waals surface area (Å²) < 4.78 is 158. The zero-order chi connectivity index (χ0) is 28.6. The topological polar surface area (TPSA) is 29.1 Å². The number of ether oxygens (including phenoxy) is 1. The minimum absolute atomic E-state index is 0.118. The number of hydrogen-bond donors (Lipinski definition) is 0. The number of hydrogen-bond acceptors (Lipinski definition) is 1. The van der Waals surface area contributed by atoms with Crippen molar-refractivity contribution in [3.63, 3.8) is 0 Å². The van der Waals surface area contributed by atoms with Crippen molar-refractivity contribution in [1.29, 1.82) is 0 Å². The van der Waals surface area contributed by atoms with Gasteiger partial charge in [-0.2, -0.15) is 22.0 Å². The van der Waals surface area contributed by atoms with Gasteiger partial charge in [-0.05, 0) is 30.5 Å². The van der Waals surface area contributed by atoms with E-state index in [2.05, 4.69) is 4.74 Å². The lowest BCUT2D eigenvalue weighted by Crippen LogP contribution is -2.26. The van der Waals surface area contributed by atoms with E-state index in [4.69, 9.17) is 0 Å². The molecule has 3 aromatic rings. The van der Waals surface area contributed by atoms with E-state index in [9.17, 15) is 49.0 Å². The number of halogens is 11. The van der Waals surface area contributed by atoms with Gasteiger partial charge in [0.05, 0.1) is 11.1 Å². The maximum absolute atomic E-state index is 15.1. The predicted molar refractivity (Wildman–Crippen MR) is 111 cm³/mol. The molecule has 0 atom stereocenters. The Morgan fingerprint density at radius 1 is 0.684 bits per heavy atom. The van der Waals surface area contributed by atoms with Crippen molar-refractivity contribution in [2.45, 2.75) is 44.9 Å². The molecule has 2 nitrogen and oxygen atoms in total. The largest absolute Gasteiger partial charge is 0.432 e. The Balaban J connectivity index is 2.09. The molecule has 3 aromatic carbocycles. The molecule has 0 aliphatic carbocycles. The lowest BCUT2D eigenvalue weighted by Gasteiger charge is -2.21. The van der Waals surface area contributed by atoms with E-state index in [0.717, 1.165) is 18.6 Å². The molecule has 3 rings (SSSR count). The van der Waals surface area contributed by atoms with E-state index in [1.54, 1.807) is 0 Å². The molecule has 0 N–H and O–H groups in total. The van der Waals surface area contributed by atoms with E-state index < -0.39 is 80.9 Å². The van der Waals surface area contributed by atoms with Crippen LogP contribution < -0.4 is 4.74 Å². The van der Waals surface area contributed by atoms with E-state index in [1.165, 1.54) is 0 Å². The lowest BCUT2D eigenvalue weighted by molar-refractivity contribution is -0.189. The van der Waals surface area contributed by atoms with Crippen molar-refractivity contribution < 1.29 is 58.1 Å². The third-order valence-corrected chi connectivity index (χ3v) is 5.44. The van der Waals surface area contributed by atoms with Gasteiger partial charge in [-0.3, -0.25) is 5.11 Å². The molecule has 0 bridgehead atoms. The quantitative estimate of drug-likeness (QED) is 0.201. The van der Waals surface area contributed by atoms with E-state index in [1.807, 2.05) is 6.92 Å². The molecule has 38 heavy (non-hydrogen) atoms. The third-order valence-electron chi connectivity index (χ3n) is 5.44. The van der Waals surface area contributed by atoms with Gasteiger partial charge in [-0.25, -0.2) is 26.3 Å². The fourth-order valence-electron chi connectivity index (χ4n) is 3.76. The monoisotopic (exact) mass is 557 g/mol. The molecule has 0 unspecified atom stereocenters. The molecule has 0 aromatic heterocycles. The summed E-state index contributed by atoms with van der Waals surface area (Å²) in [5.41, 5.74) is -7.70. The third kappa shape index (κ3) is 5.81. The van der Waals surface area contributed by atoms with Crippen LogP contribution in [0.2, 0.25) is 0 Å². The molecule has 13 heteroatoms. The van der Waals surface area contributed by atoms with Crippen LogP contribution in [-0.2, 0) is 23.8 Å². The van der Waals surface area contributed by atoms with Gasteiger partial charge >= 0.3 is 12.3 Å². The maximum atomic E-state index is 15.1. The molecular formula is C25H16F11O2. The Morgan fingerprint density at radius 2 is 1.21 bits per heavy atom. The molecule has 0 saturated carbocycles. The summed E-state index contributed by atoms with van der Waals surface area (Å²) in [6.45, 7) is 1.87. The molecule has 0 saturated heterocycles. The maximum Gasteiger partial charge on any atom is 0.432 e. The van der Waals surface area contributed by atoms with Crippen molar-refractivity contribution in [3.8, 4) is 22.6 Å².